The number of carbonyl (C=O) groups excluding carboxylic acids is 2. The van der Waals surface area contributed by atoms with Crippen molar-refractivity contribution in [3.63, 3.8) is 0 Å². The Morgan fingerprint density at radius 2 is 1.77 bits per heavy atom. The summed E-state index contributed by atoms with van der Waals surface area (Å²) in [5, 5.41) is 7.90. The van der Waals surface area contributed by atoms with E-state index >= 15 is 0 Å². The van der Waals surface area contributed by atoms with Crippen molar-refractivity contribution >= 4 is 23.2 Å². The molecule has 26 heavy (non-hydrogen) atoms. The third-order valence-corrected chi connectivity index (χ3v) is 3.40. The van der Waals surface area contributed by atoms with Gasteiger partial charge in [0.2, 0.25) is 5.91 Å². The lowest BCUT2D eigenvalue weighted by Gasteiger charge is -2.10. The summed E-state index contributed by atoms with van der Waals surface area (Å²) < 4.78 is 31.8. The molecule has 0 unspecified atom stereocenters. The molecule has 138 valence electrons. The summed E-state index contributed by atoms with van der Waals surface area (Å²) in [5.41, 5.74) is 0.955. The predicted molar refractivity (Wildman–Crippen MR) is 94.5 cm³/mol. The van der Waals surface area contributed by atoms with Crippen LogP contribution in [0.5, 0.6) is 5.75 Å². The maximum Gasteiger partial charge on any atom is 0.251 e. The van der Waals surface area contributed by atoms with Gasteiger partial charge < -0.3 is 20.7 Å². The number of hydrogen-bond acceptors (Lipinski definition) is 4. The van der Waals surface area contributed by atoms with Crippen molar-refractivity contribution in [1.82, 2.24) is 5.32 Å². The van der Waals surface area contributed by atoms with Crippen LogP contribution in [0, 0.1) is 11.6 Å². The van der Waals surface area contributed by atoms with Gasteiger partial charge in [0, 0.05) is 35.6 Å². The van der Waals surface area contributed by atoms with Crippen molar-refractivity contribution in [2.75, 3.05) is 30.8 Å². The Labute approximate surface area is 149 Å². The number of carbonyl (C=O) groups is 2. The minimum Gasteiger partial charge on any atom is -0.491 e. The number of methoxy groups -OCH3 is 1. The molecule has 0 aliphatic rings. The molecule has 2 aromatic rings. The van der Waals surface area contributed by atoms with E-state index in [1.54, 1.807) is 25.1 Å². The second kappa shape index (κ2) is 8.80. The monoisotopic (exact) mass is 363 g/mol. The van der Waals surface area contributed by atoms with E-state index in [0.29, 0.717) is 17.8 Å². The van der Waals surface area contributed by atoms with Gasteiger partial charge in [-0.2, -0.15) is 0 Å². The first kappa shape index (κ1) is 19.2. The van der Waals surface area contributed by atoms with E-state index in [2.05, 4.69) is 20.7 Å². The first-order chi connectivity index (χ1) is 12.4. The van der Waals surface area contributed by atoms with E-state index < -0.39 is 23.3 Å². The second-order valence-corrected chi connectivity index (χ2v) is 5.32. The van der Waals surface area contributed by atoms with E-state index in [0.717, 1.165) is 19.2 Å². The summed E-state index contributed by atoms with van der Waals surface area (Å²) in [6.45, 7) is 2.09. The lowest BCUT2D eigenvalue weighted by molar-refractivity contribution is -0.114. The topological polar surface area (TPSA) is 79.5 Å². The molecular formula is C18H19F2N3O3. The molecule has 0 aliphatic heterocycles. The Morgan fingerprint density at radius 1 is 1.08 bits per heavy atom. The summed E-state index contributed by atoms with van der Waals surface area (Å²) in [5.74, 6) is -2.90. The molecule has 2 amide bonds. The zero-order valence-electron chi connectivity index (χ0n) is 14.4. The molecule has 0 radical (unpaired) electrons. The molecule has 6 nitrogen and oxygen atoms in total. The van der Waals surface area contributed by atoms with Crippen molar-refractivity contribution in [2.24, 2.45) is 0 Å². The molecule has 0 saturated carbocycles. The lowest BCUT2D eigenvalue weighted by atomic mass is 10.2. The Balaban J connectivity index is 1.97. The zero-order valence-corrected chi connectivity index (χ0v) is 14.4. The summed E-state index contributed by atoms with van der Waals surface area (Å²) in [6, 6.07) is 8.50. The van der Waals surface area contributed by atoms with E-state index in [1.165, 1.54) is 6.07 Å². The standard InChI is InChI=1S/C18H19F2N3O3/c1-3-21-18(25)11-5-4-6-12(7-11)23-16(24)10-22-13-8-14(19)17(26-2)15(20)9-13/h4-9,22H,3,10H2,1-2H3,(H,21,25)(H,23,24). The molecule has 0 spiro atoms. The normalized spacial score (nSPS) is 10.2. The number of anilines is 2. The maximum atomic E-state index is 13.6. The van der Waals surface area contributed by atoms with Gasteiger partial charge in [-0.15, -0.1) is 0 Å². The van der Waals surface area contributed by atoms with Gasteiger partial charge in [0.15, 0.2) is 17.4 Å². The van der Waals surface area contributed by atoms with Crippen LogP contribution in [0.25, 0.3) is 0 Å². The Kier molecular flexibility index (Phi) is 6.48. The van der Waals surface area contributed by atoms with Crippen LogP contribution in [0.4, 0.5) is 20.2 Å². The first-order valence-electron chi connectivity index (χ1n) is 7.89. The van der Waals surface area contributed by atoms with Crippen LogP contribution < -0.4 is 20.7 Å². The molecule has 2 aromatic carbocycles. The van der Waals surface area contributed by atoms with Gasteiger partial charge in [0.05, 0.1) is 13.7 Å². The Bertz CT molecular complexity index is 789. The van der Waals surface area contributed by atoms with Crippen LogP contribution in [-0.4, -0.2) is 32.0 Å². The number of nitrogens with one attached hydrogen (secondary N) is 3. The molecule has 0 bridgehead atoms. The quantitative estimate of drug-likeness (QED) is 0.707. The number of ether oxygens (including phenoxy) is 1. The summed E-state index contributed by atoms with van der Waals surface area (Å²) >= 11 is 0. The van der Waals surface area contributed by atoms with Crippen molar-refractivity contribution < 1.29 is 23.1 Å². The first-order valence-corrected chi connectivity index (χ1v) is 7.89. The third kappa shape index (κ3) is 4.92. The molecular weight excluding hydrogens is 344 g/mol. The van der Waals surface area contributed by atoms with Gasteiger partial charge in [-0.1, -0.05) is 6.07 Å². The van der Waals surface area contributed by atoms with E-state index in [1.807, 2.05) is 0 Å². The smallest absolute Gasteiger partial charge is 0.251 e. The second-order valence-electron chi connectivity index (χ2n) is 5.32. The molecule has 0 aliphatic carbocycles. The van der Waals surface area contributed by atoms with Crippen LogP contribution in [0.2, 0.25) is 0 Å². The average Bonchev–Trinajstić information content (AvgIpc) is 2.60. The minimum atomic E-state index is -0.870. The number of halogens is 2. The highest BCUT2D eigenvalue weighted by atomic mass is 19.1. The van der Waals surface area contributed by atoms with Crippen molar-refractivity contribution in [1.29, 1.82) is 0 Å². The van der Waals surface area contributed by atoms with Crippen LogP contribution >= 0.6 is 0 Å². The lowest BCUT2D eigenvalue weighted by Crippen LogP contribution is -2.24. The Hall–Kier alpha value is -3.16. The maximum absolute atomic E-state index is 13.6. The molecule has 0 saturated heterocycles. The fourth-order valence-electron chi connectivity index (χ4n) is 2.25. The SMILES string of the molecule is CCNC(=O)c1cccc(NC(=O)CNc2cc(F)c(OC)c(F)c2)c1. The fourth-order valence-corrected chi connectivity index (χ4v) is 2.25. The molecule has 8 heteroatoms. The zero-order chi connectivity index (χ0) is 19.1. The van der Waals surface area contributed by atoms with Gasteiger partial charge in [0.1, 0.15) is 0 Å². The van der Waals surface area contributed by atoms with E-state index in [-0.39, 0.29) is 18.1 Å². The number of rotatable bonds is 7. The number of amides is 2. The van der Waals surface area contributed by atoms with Gasteiger partial charge in [-0.25, -0.2) is 8.78 Å². The number of benzene rings is 2. The van der Waals surface area contributed by atoms with Gasteiger partial charge >= 0.3 is 0 Å². The molecule has 0 aromatic heterocycles. The average molecular weight is 363 g/mol. The highest BCUT2D eigenvalue weighted by Crippen LogP contribution is 2.25. The molecule has 2 rings (SSSR count). The summed E-state index contributed by atoms with van der Waals surface area (Å²) in [6.07, 6.45) is 0. The molecule has 0 heterocycles. The van der Waals surface area contributed by atoms with Crippen LogP contribution in [0.1, 0.15) is 17.3 Å². The van der Waals surface area contributed by atoms with Crippen LogP contribution in [0.3, 0.4) is 0 Å². The highest BCUT2D eigenvalue weighted by Gasteiger charge is 2.12. The Morgan fingerprint density at radius 3 is 2.38 bits per heavy atom. The minimum absolute atomic E-state index is 0.104. The molecule has 3 N–H and O–H groups in total. The van der Waals surface area contributed by atoms with Crippen molar-refractivity contribution in [3.05, 3.63) is 53.6 Å². The molecule has 0 fully saturated rings. The summed E-state index contributed by atoms with van der Waals surface area (Å²) in [4.78, 5) is 23.8. The summed E-state index contributed by atoms with van der Waals surface area (Å²) in [7, 11) is 1.16. The largest absolute Gasteiger partial charge is 0.491 e. The van der Waals surface area contributed by atoms with E-state index in [4.69, 9.17) is 0 Å². The van der Waals surface area contributed by atoms with Crippen molar-refractivity contribution in [2.45, 2.75) is 6.92 Å². The van der Waals surface area contributed by atoms with E-state index in [9.17, 15) is 18.4 Å². The third-order valence-electron chi connectivity index (χ3n) is 3.40. The predicted octanol–water partition coefficient (Wildman–Crippen LogP) is 2.77. The van der Waals surface area contributed by atoms with Crippen molar-refractivity contribution in [3.8, 4) is 5.75 Å². The van der Waals surface area contributed by atoms with Crippen LogP contribution in [0.15, 0.2) is 36.4 Å². The number of hydrogen-bond donors (Lipinski definition) is 3. The fraction of sp³-hybridized carbons (Fsp3) is 0.222. The van der Waals surface area contributed by atoms with Gasteiger partial charge in [0.25, 0.3) is 5.91 Å². The highest BCUT2D eigenvalue weighted by molar-refractivity contribution is 5.98. The molecule has 0 atom stereocenters. The van der Waals surface area contributed by atoms with Gasteiger partial charge in [-0.3, -0.25) is 9.59 Å². The van der Waals surface area contributed by atoms with Gasteiger partial charge in [-0.05, 0) is 25.1 Å². The van der Waals surface area contributed by atoms with Crippen LogP contribution in [-0.2, 0) is 4.79 Å².